The highest BCUT2D eigenvalue weighted by Crippen LogP contribution is 2.52. The van der Waals surface area contributed by atoms with Gasteiger partial charge in [-0.25, -0.2) is 0 Å². The normalized spacial score (nSPS) is 11.9. The van der Waals surface area contributed by atoms with Crippen LogP contribution in [0.15, 0.2) is 182 Å². The zero-order chi connectivity index (χ0) is 47.4. The number of para-hydroxylation sites is 2. The van der Waals surface area contributed by atoms with Crippen molar-refractivity contribution in [2.24, 2.45) is 0 Å². The van der Waals surface area contributed by atoms with E-state index in [1.54, 1.807) is 0 Å². The highest BCUT2D eigenvalue weighted by molar-refractivity contribution is 6.29. The molecule has 0 unspecified atom stereocenters. The molecule has 0 amide bonds. The second kappa shape index (κ2) is 18.1. The summed E-state index contributed by atoms with van der Waals surface area (Å²) in [6.45, 7) is 23.0. The molecule has 0 heterocycles. The highest BCUT2D eigenvalue weighted by atomic mass is 15.2. The third-order valence-electron chi connectivity index (χ3n) is 14.4. The van der Waals surface area contributed by atoms with Crippen LogP contribution in [0.3, 0.4) is 0 Å². The molecule has 68 heavy (non-hydrogen) atoms. The van der Waals surface area contributed by atoms with Crippen molar-refractivity contribution >= 4 is 66.4 Å². The van der Waals surface area contributed by atoms with E-state index in [0.717, 1.165) is 11.4 Å². The van der Waals surface area contributed by atoms with E-state index in [0.29, 0.717) is 11.8 Å². The minimum Gasteiger partial charge on any atom is -0.310 e. The molecule has 0 N–H and O–H groups in total. The molecule has 10 aromatic rings. The van der Waals surface area contributed by atoms with Gasteiger partial charge in [0.25, 0.3) is 0 Å². The average molecular weight is 885 g/mol. The molecule has 0 aliphatic rings. The number of benzene rings is 10. The Morgan fingerprint density at radius 3 is 0.971 bits per heavy atom. The van der Waals surface area contributed by atoms with E-state index in [1.165, 1.54) is 111 Å². The number of rotatable bonds is 12. The Morgan fingerprint density at radius 2 is 0.632 bits per heavy atom. The number of aryl methyl sites for hydroxylation is 2. The zero-order valence-corrected chi connectivity index (χ0v) is 41.5. The summed E-state index contributed by atoms with van der Waals surface area (Å²) in [4.78, 5) is 5.06. The van der Waals surface area contributed by atoms with Crippen LogP contribution in [0.5, 0.6) is 0 Å². The standard InChI is InChI=1S/C66H64N2/c1-41(2)47-25-29-49(30-26-47)51-23-21-45(9)61(37-51)67(53-17-13-11-14-18-53)63-39-59(43(5)6)55-34-36-58-64(40-60(44(7)8)56-33-35-57(63)65(55)66(56)58)68(54-19-15-12-16-20-54)62-38-52(24-22-46(62)10)50-31-27-48(28-32-50)42(3)4/h11-44H,1-10H3. The molecule has 0 fully saturated rings. The van der Waals surface area contributed by atoms with Gasteiger partial charge in [-0.1, -0.05) is 189 Å². The molecule has 0 aliphatic carbocycles. The summed E-state index contributed by atoms with van der Waals surface area (Å²) < 4.78 is 0. The predicted molar refractivity (Wildman–Crippen MR) is 296 cm³/mol. The van der Waals surface area contributed by atoms with Crippen molar-refractivity contribution in [2.45, 2.75) is 92.9 Å². The summed E-state index contributed by atoms with van der Waals surface area (Å²) in [6.07, 6.45) is 0. The molecule has 2 heteroatoms. The van der Waals surface area contributed by atoms with Gasteiger partial charge >= 0.3 is 0 Å². The van der Waals surface area contributed by atoms with Crippen molar-refractivity contribution < 1.29 is 0 Å². The lowest BCUT2D eigenvalue weighted by Crippen LogP contribution is -2.14. The quantitative estimate of drug-likeness (QED) is 0.113. The SMILES string of the molecule is Cc1ccc(-c2ccc(C(C)C)cc2)cc1N(c1ccccc1)c1cc(C(C)C)c2ccc3c(N(c4ccccc4)c4cc(-c5ccc(C(C)C)cc5)ccc4C)cc(C(C)C)c4ccc1c2c43. The number of anilines is 6. The molecule has 10 rings (SSSR count). The van der Waals surface area contributed by atoms with Gasteiger partial charge < -0.3 is 9.80 Å². The van der Waals surface area contributed by atoms with Gasteiger partial charge in [0.05, 0.1) is 11.4 Å². The van der Waals surface area contributed by atoms with Gasteiger partial charge in [0.2, 0.25) is 0 Å². The first kappa shape index (κ1) is 44.7. The van der Waals surface area contributed by atoms with Crippen LogP contribution in [0, 0.1) is 13.8 Å². The minimum absolute atomic E-state index is 0.285. The van der Waals surface area contributed by atoms with Gasteiger partial charge in [-0.2, -0.15) is 0 Å². The van der Waals surface area contributed by atoms with Crippen molar-refractivity contribution in [2.75, 3.05) is 9.80 Å². The largest absolute Gasteiger partial charge is 0.310 e. The number of nitrogens with zero attached hydrogens (tertiary/aromatic N) is 2. The second-order valence-corrected chi connectivity index (χ2v) is 20.2. The van der Waals surface area contributed by atoms with E-state index in [9.17, 15) is 0 Å². The van der Waals surface area contributed by atoms with Gasteiger partial charge in [-0.3, -0.25) is 0 Å². The van der Waals surface area contributed by atoms with Crippen LogP contribution in [0.1, 0.15) is 112 Å². The molecule has 0 aliphatic heterocycles. The summed E-state index contributed by atoms with van der Waals surface area (Å²) in [5.41, 5.74) is 19.8. The van der Waals surface area contributed by atoms with Gasteiger partial charge in [-0.05, 0) is 163 Å². The summed E-state index contributed by atoms with van der Waals surface area (Å²) in [6, 6.07) is 68.9. The van der Waals surface area contributed by atoms with Crippen LogP contribution in [0.2, 0.25) is 0 Å². The third kappa shape index (κ3) is 8.00. The van der Waals surface area contributed by atoms with Crippen LogP contribution in [0.25, 0.3) is 54.6 Å². The lowest BCUT2D eigenvalue weighted by Gasteiger charge is -2.32. The van der Waals surface area contributed by atoms with Gasteiger partial charge in [0, 0.05) is 33.5 Å². The molecule has 10 aromatic carbocycles. The van der Waals surface area contributed by atoms with Crippen molar-refractivity contribution in [3.63, 3.8) is 0 Å². The summed E-state index contributed by atoms with van der Waals surface area (Å²) in [7, 11) is 0. The molecule has 0 saturated heterocycles. The lowest BCUT2D eigenvalue weighted by molar-refractivity contribution is 0.867. The third-order valence-corrected chi connectivity index (χ3v) is 14.4. The van der Waals surface area contributed by atoms with Gasteiger partial charge in [0.15, 0.2) is 0 Å². The van der Waals surface area contributed by atoms with Crippen molar-refractivity contribution in [1.82, 2.24) is 0 Å². The van der Waals surface area contributed by atoms with Crippen LogP contribution in [0.4, 0.5) is 34.1 Å². The van der Waals surface area contributed by atoms with Crippen LogP contribution in [-0.4, -0.2) is 0 Å². The Labute approximate surface area is 404 Å². The first-order valence-corrected chi connectivity index (χ1v) is 24.8. The fraction of sp³-hybridized carbons (Fsp3) is 0.212. The molecule has 2 nitrogen and oxygen atoms in total. The Morgan fingerprint density at radius 1 is 0.294 bits per heavy atom. The molecule has 0 atom stereocenters. The molecule has 0 bridgehead atoms. The molecule has 0 radical (unpaired) electrons. The second-order valence-electron chi connectivity index (χ2n) is 20.2. The van der Waals surface area contributed by atoms with Gasteiger partial charge in [0.1, 0.15) is 0 Å². The lowest BCUT2D eigenvalue weighted by atomic mass is 9.84. The predicted octanol–water partition coefficient (Wildman–Crippen LogP) is 20.0. The van der Waals surface area contributed by atoms with Crippen LogP contribution >= 0.6 is 0 Å². The first-order valence-electron chi connectivity index (χ1n) is 24.8. The summed E-state index contributed by atoms with van der Waals surface area (Å²) in [5, 5.41) is 7.79. The maximum Gasteiger partial charge on any atom is 0.0543 e. The van der Waals surface area contributed by atoms with Crippen molar-refractivity contribution in [1.29, 1.82) is 0 Å². The first-order chi connectivity index (χ1) is 32.9. The van der Waals surface area contributed by atoms with Crippen molar-refractivity contribution in [3.8, 4) is 22.3 Å². The fourth-order valence-corrected chi connectivity index (χ4v) is 10.5. The molecule has 0 spiro atoms. The maximum absolute atomic E-state index is 2.53. The Kier molecular flexibility index (Phi) is 11.9. The maximum atomic E-state index is 2.53. The van der Waals surface area contributed by atoms with E-state index in [4.69, 9.17) is 0 Å². The highest BCUT2D eigenvalue weighted by Gasteiger charge is 2.27. The zero-order valence-electron chi connectivity index (χ0n) is 41.5. The summed E-state index contributed by atoms with van der Waals surface area (Å²) in [5.74, 6) is 1.54. The monoisotopic (exact) mass is 885 g/mol. The van der Waals surface area contributed by atoms with E-state index in [1.807, 2.05) is 0 Å². The summed E-state index contributed by atoms with van der Waals surface area (Å²) >= 11 is 0. The Bertz CT molecular complexity index is 3160. The molecular formula is C66H64N2. The Balaban J connectivity index is 1.26. The topological polar surface area (TPSA) is 6.48 Å². The fourth-order valence-electron chi connectivity index (χ4n) is 10.5. The Hall–Kier alpha value is -7.16. The minimum atomic E-state index is 0.285. The van der Waals surface area contributed by atoms with E-state index in [2.05, 4.69) is 261 Å². The van der Waals surface area contributed by atoms with E-state index in [-0.39, 0.29) is 11.8 Å². The van der Waals surface area contributed by atoms with Crippen LogP contribution in [-0.2, 0) is 0 Å². The molecule has 0 saturated carbocycles. The molecule has 0 aromatic heterocycles. The average Bonchev–Trinajstić information content (AvgIpc) is 3.35. The molecular weight excluding hydrogens is 821 g/mol. The van der Waals surface area contributed by atoms with E-state index >= 15 is 0 Å². The van der Waals surface area contributed by atoms with E-state index < -0.39 is 0 Å². The molecule has 338 valence electrons. The number of hydrogen-bond donors (Lipinski definition) is 0. The number of hydrogen-bond acceptors (Lipinski definition) is 2. The van der Waals surface area contributed by atoms with Crippen molar-refractivity contribution in [3.05, 3.63) is 215 Å². The van der Waals surface area contributed by atoms with Gasteiger partial charge in [-0.15, -0.1) is 0 Å². The smallest absolute Gasteiger partial charge is 0.0543 e. The van der Waals surface area contributed by atoms with Crippen LogP contribution < -0.4 is 9.80 Å².